The van der Waals surface area contributed by atoms with Gasteiger partial charge in [0.05, 0.1) is 26.9 Å². The summed E-state index contributed by atoms with van der Waals surface area (Å²) < 4.78 is 15.2. The van der Waals surface area contributed by atoms with Crippen molar-refractivity contribution in [2.45, 2.75) is 0 Å². The fraction of sp³-hybridized carbons (Fsp3) is 0.214. The van der Waals surface area contributed by atoms with Crippen LogP contribution in [0.25, 0.3) is 10.8 Å². The number of esters is 1. The lowest BCUT2D eigenvalue weighted by Crippen LogP contribution is -2.02. The van der Waals surface area contributed by atoms with Gasteiger partial charge in [0, 0.05) is 5.39 Å². The highest BCUT2D eigenvalue weighted by molar-refractivity contribution is 6.05. The molecule has 0 fully saturated rings. The number of ether oxygens (including phenoxy) is 3. The second kappa shape index (κ2) is 4.96. The normalized spacial score (nSPS) is 10.2. The zero-order chi connectivity index (χ0) is 13.1. The number of methoxy groups -OCH3 is 3. The summed E-state index contributed by atoms with van der Waals surface area (Å²) in [4.78, 5) is 11.7. The largest absolute Gasteiger partial charge is 0.493 e. The molecule has 2 aromatic carbocycles. The average molecular weight is 246 g/mol. The van der Waals surface area contributed by atoms with Crippen LogP contribution in [0.15, 0.2) is 30.3 Å². The smallest absolute Gasteiger partial charge is 0.338 e. The highest BCUT2D eigenvalue weighted by Gasteiger charge is 2.13. The van der Waals surface area contributed by atoms with Crippen LogP contribution in [0, 0.1) is 0 Å². The van der Waals surface area contributed by atoms with Gasteiger partial charge in [-0.1, -0.05) is 12.1 Å². The van der Waals surface area contributed by atoms with Gasteiger partial charge in [-0.3, -0.25) is 0 Å². The SMILES string of the molecule is COC(=O)c1cccc2cc(OC)c(OC)cc12. The second-order valence-electron chi connectivity index (χ2n) is 3.73. The summed E-state index contributed by atoms with van der Waals surface area (Å²) in [5.41, 5.74) is 0.510. The molecule has 4 nitrogen and oxygen atoms in total. The van der Waals surface area contributed by atoms with E-state index in [2.05, 4.69) is 0 Å². The quantitative estimate of drug-likeness (QED) is 0.781. The van der Waals surface area contributed by atoms with Crippen LogP contribution in [-0.2, 0) is 4.74 Å². The van der Waals surface area contributed by atoms with Crippen LogP contribution < -0.4 is 9.47 Å². The molecule has 2 rings (SSSR count). The average Bonchev–Trinajstić information content (AvgIpc) is 2.44. The third kappa shape index (κ3) is 1.97. The van der Waals surface area contributed by atoms with E-state index in [1.165, 1.54) is 7.11 Å². The van der Waals surface area contributed by atoms with Crippen molar-refractivity contribution in [3.63, 3.8) is 0 Å². The molecule has 0 N–H and O–H groups in total. The molecule has 0 saturated heterocycles. The van der Waals surface area contributed by atoms with E-state index in [1.54, 1.807) is 32.4 Å². The summed E-state index contributed by atoms with van der Waals surface area (Å²) in [5, 5.41) is 1.68. The molecule has 0 bridgehead atoms. The van der Waals surface area contributed by atoms with E-state index in [4.69, 9.17) is 14.2 Å². The first-order valence-corrected chi connectivity index (χ1v) is 5.44. The number of rotatable bonds is 3. The van der Waals surface area contributed by atoms with Gasteiger partial charge in [-0.15, -0.1) is 0 Å². The predicted octanol–water partition coefficient (Wildman–Crippen LogP) is 2.64. The Morgan fingerprint density at radius 2 is 1.67 bits per heavy atom. The topological polar surface area (TPSA) is 44.8 Å². The minimum absolute atomic E-state index is 0.368. The first kappa shape index (κ1) is 12.2. The maximum atomic E-state index is 11.7. The van der Waals surface area contributed by atoms with Gasteiger partial charge in [-0.2, -0.15) is 0 Å². The van der Waals surface area contributed by atoms with Crippen LogP contribution in [0.3, 0.4) is 0 Å². The second-order valence-corrected chi connectivity index (χ2v) is 3.73. The lowest BCUT2D eigenvalue weighted by molar-refractivity contribution is 0.0603. The number of carbonyl (C=O) groups excluding carboxylic acids is 1. The molecule has 0 amide bonds. The predicted molar refractivity (Wildman–Crippen MR) is 68.4 cm³/mol. The molecule has 4 heteroatoms. The van der Waals surface area contributed by atoms with E-state index < -0.39 is 0 Å². The standard InChI is InChI=1S/C14H14O4/c1-16-12-7-9-5-4-6-10(14(15)18-3)11(9)8-13(12)17-2/h4-8H,1-3H3. The molecular formula is C14H14O4. The number of hydrogen-bond acceptors (Lipinski definition) is 4. The van der Waals surface area contributed by atoms with Gasteiger partial charge in [0.2, 0.25) is 0 Å². The van der Waals surface area contributed by atoms with Crippen molar-refractivity contribution in [1.82, 2.24) is 0 Å². The van der Waals surface area contributed by atoms with Crippen LogP contribution in [-0.4, -0.2) is 27.3 Å². The number of carbonyl (C=O) groups is 1. The Hall–Kier alpha value is -2.23. The van der Waals surface area contributed by atoms with Crippen molar-refractivity contribution < 1.29 is 19.0 Å². The fourth-order valence-corrected chi connectivity index (χ4v) is 1.89. The van der Waals surface area contributed by atoms with E-state index in [9.17, 15) is 4.79 Å². The minimum atomic E-state index is -0.368. The number of benzene rings is 2. The van der Waals surface area contributed by atoms with E-state index in [0.29, 0.717) is 17.1 Å². The molecule has 0 aliphatic rings. The van der Waals surface area contributed by atoms with E-state index in [1.807, 2.05) is 12.1 Å². The van der Waals surface area contributed by atoms with E-state index >= 15 is 0 Å². The molecule has 0 heterocycles. The summed E-state index contributed by atoms with van der Waals surface area (Å²) in [6.45, 7) is 0. The molecule has 0 atom stereocenters. The number of hydrogen-bond donors (Lipinski definition) is 0. The molecule has 0 aliphatic heterocycles. The molecule has 0 saturated carbocycles. The van der Waals surface area contributed by atoms with Gasteiger partial charge in [0.25, 0.3) is 0 Å². The molecule has 0 radical (unpaired) electrons. The van der Waals surface area contributed by atoms with Crippen LogP contribution in [0.4, 0.5) is 0 Å². The fourth-order valence-electron chi connectivity index (χ4n) is 1.89. The van der Waals surface area contributed by atoms with Crippen LogP contribution in [0.5, 0.6) is 11.5 Å². The highest BCUT2D eigenvalue weighted by atomic mass is 16.5. The van der Waals surface area contributed by atoms with Gasteiger partial charge in [-0.05, 0) is 23.6 Å². The zero-order valence-corrected chi connectivity index (χ0v) is 10.5. The first-order chi connectivity index (χ1) is 8.71. The Kier molecular flexibility index (Phi) is 3.37. The van der Waals surface area contributed by atoms with E-state index in [0.717, 1.165) is 10.8 Å². The molecular weight excluding hydrogens is 232 g/mol. The highest BCUT2D eigenvalue weighted by Crippen LogP contribution is 2.33. The lowest BCUT2D eigenvalue weighted by Gasteiger charge is -2.11. The summed E-state index contributed by atoms with van der Waals surface area (Å²) in [5.74, 6) is 0.848. The Labute approximate surface area is 105 Å². The Balaban J connectivity index is 2.72. The van der Waals surface area contributed by atoms with Crippen molar-refractivity contribution in [3.05, 3.63) is 35.9 Å². The molecule has 0 spiro atoms. The third-order valence-corrected chi connectivity index (χ3v) is 2.79. The van der Waals surface area contributed by atoms with Crippen molar-refractivity contribution in [2.75, 3.05) is 21.3 Å². The maximum Gasteiger partial charge on any atom is 0.338 e. The van der Waals surface area contributed by atoms with Crippen molar-refractivity contribution in [3.8, 4) is 11.5 Å². The van der Waals surface area contributed by atoms with Crippen LogP contribution in [0.1, 0.15) is 10.4 Å². The molecule has 0 aliphatic carbocycles. The van der Waals surface area contributed by atoms with Crippen molar-refractivity contribution in [1.29, 1.82) is 0 Å². The third-order valence-electron chi connectivity index (χ3n) is 2.79. The lowest BCUT2D eigenvalue weighted by atomic mass is 10.0. The molecule has 18 heavy (non-hydrogen) atoms. The zero-order valence-electron chi connectivity index (χ0n) is 10.5. The van der Waals surface area contributed by atoms with Crippen LogP contribution >= 0.6 is 0 Å². The molecule has 0 aromatic heterocycles. The molecule has 2 aromatic rings. The van der Waals surface area contributed by atoms with Crippen molar-refractivity contribution in [2.24, 2.45) is 0 Å². The first-order valence-electron chi connectivity index (χ1n) is 5.44. The Morgan fingerprint density at radius 1 is 1.00 bits per heavy atom. The minimum Gasteiger partial charge on any atom is -0.493 e. The number of fused-ring (bicyclic) bond motifs is 1. The van der Waals surface area contributed by atoms with Gasteiger partial charge in [-0.25, -0.2) is 4.79 Å². The van der Waals surface area contributed by atoms with Gasteiger partial charge >= 0.3 is 5.97 Å². The summed E-state index contributed by atoms with van der Waals surface area (Å²) >= 11 is 0. The van der Waals surface area contributed by atoms with Gasteiger partial charge in [0.15, 0.2) is 11.5 Å². The van der Waals surface area contributed by atoms with Gasteiger partial charge in [0.1, 0.15) is 0 Å². The Bertz CT molecular complexity index is 590. The summed E-state index contributed by atoms with van der Waals surface area (Å²) in [6.07, 6.45) is 0. The summed E-state index contributed by atoms with van der Waals surface area (Å²) in [7, 11) is 4.50. The van der Waals surface area contributed by atoms with E-state index in [-0.39, 0.29) is 5.97 Å². The summed E-state index contributed by atoms with van der Waals surface area (Å²) in [6, 6.07) is 9.05. The Morgan fingerprint density at radius 3 is 2.28 bits per heavy atom. The van der Waals surface area contributed by atoms with Crippen molar-refractivity contribution >= 4 is 16.7 Å². The van der Waals surface area contributed by atoms with Crippen LogP contribution in [0.2, 0.25) is 0 Å². The van der Waals surface area contributed by atoms with Gasteiger partial charge < -0.3 is 14.2 Å². The molecule has 0 unspecified atom stereocenters. The maximum absolute atomic E-state index is 11.7. The monoisotopic (exact) mass is 246 g/mol. The molecule has 94 valence electrons.